The summed E-state index contributed by atoms with van der Waals surface area (Å²) in [6.45, 7) is 5.05. The highest BCUT2D eigenvalue weighted by atomic mass is 32.2. The lowest BCUT2D eigenvalue weighted by Crippen LogP contribution is -2.49. The van der Waals surface area contributed by atoms with E-state index >= 15 is 0 Å². The van der Waals surface area contributed by atoms with Crippen LogP contribution in [0.4, 0.5) is 0 Å². The lowest BCUT2D eigenvalue weighted by molar-refractivity contribution is -0.176. The predicted octanol–water partition coefficient (Wildman–Crippen LogP) is 2.70. The number of carbonyl (C=O) groups excluding carboxylic acids is 4. The Labute approximate surface area is 281 Å². The Kier molecular flexibility index (Phi) is 14.2. The molecule has 1 aliphatic heterocycles. The van der Waals surface area contributed by atoms with Crippen molar-refractivity contribution < 1.29 is 46.0 Å². The second kappa shape index (κ2) is 18.0. The topological polar surface area (TPSA) is 163 Å². The van der Waals surface area contributed by atoms with Gasteiger partial charge in [-0.05, 0) is 48.2 Å². The number of nitrogens with one attached hydrogen (secondary N) is 2. The number of methoxy groups -OCH3 is 1. The number of cyclic esters (lactones) is 2. The van der Waals surface area contributed by atoms with Crippen molar-refractivity contribution in [2.45, 2.75) is 64.4 Å². The zero-order valence-corrected chi connectivity index (χ0v) is 28.5. The minimum absolute atomic E-state index is 0.0994. The molecular formula is C35H42N2O10S. The van der Waals surface area contributed by atoms with Crippen molar-refractivity contribution in [3.63, 3.8) is 0 Å². The SMILES string of the molecule is COc1ccc(C[C@H]2NC(=O)/C=C/C[C@@H](C(C#Cc3ccccc3)OS(C)(=O)=O)OC(=O)[C@H](CC(C)C)OC(=O)[C@@H](C)CNC2=O)cc1. The molecule has 2 N–H and O–H groups in total. The molecule has 0 spiro atoms. The zero-order valence-electron chi connectivity index (χ0n) is 27.6. The van der Waals surface area contributed by atoms with Crippen LogP contribution in [0.2, 0.25) is 0 Å². The summed E-state index contributed by atoms with van der Waals surface area (Å²) >= 11 is 0. The third kappa shape index (κ3) is 12.8. The maximum Gasteiger partial charge on any atom is 0.347 e. The summed E-state index contributed by atoms with van der Waals surface area (Å²) in [6.07, 6.45) is -0.811. The van der Waals surface area contributed by atoms with Crippen LogP contribution in [0.25, 0.3) is 0 Å². The number of amides is 2. The Morgan fingerprint density at radius 2 is 1.67 bits per heavy atom. The number of esters is 2. The lowest BCUT2D eigenvalue weighted by atomic mass is 10.0. The van der Waals surface area contributed by atoms with E-state index in [1.807, 2.05) is 13.8 Å². The van der Waals surface area contributed by atoms with Gasteiger partial charge in [-0.2, -0.15) is 8.42 Å². The monoisotopic (exact) mass is 682 g/mol. The second-order valence-electron chi connectivity index (χ2n) is 11.8. The van der Waals surface area contributed by atoms with Crippen molar-refractivity contribution in [3.05, 3.63) is 77.9 Å². The summed E-state index contributed by atoms with van der Waals surface area (Å²) in [4.78, 5) is 52.9. The van der Waals surface area contributed by atoms with Gasteiger partial charge in [-0.3, -0.25) is 14.4 Å². The second-order valence-corrected chi connectivity index (χ2v) is 13.4. The standard InChI is InChI=1S/C35H42N2O10S/c1-23(2)20-31-35(41)45-29(30(47-48(5,42)43)19-16-25-10-7-6-8-11-25)12-9-13-32(38)37-28(21-26-14-17-27(44-4)18-15-26)33(39)36-22-24(3)34(40)46-31/h6-11,13-15,17-18,23-24,28-31H,12,20-22H2,1-5H3,(H,36,39)(H,37,38)/b13-9+/t24-,28+,29-,30?,31-/m0/s1. The van der Waals surface area contributed by atoms with E-state index in [2.05, 4.69) is 22.5 Å². The van der Waals surface area contributed by atoms with Gasteiger partial charge in [0.1, 0.15) is 17.9 Å². The summed E-state index contributed by atoms with van der Waals surface area (Å²) in [5.41, 5.74) is 1.29. The van der Waals surface area contributed by atoms with Crippen LogP contribution in [-0.2, 0) is 49.4 Å². The van der Waals surface area contributed by atoms with E-state index < -0.39 is 64.1 Å². The Morgan fingerprint density at radius 3 is 2.29 bits per heavy atom. The molecule has 0 bridgehead atoms. The van der Waals surface area contributed by atoms with Crippen molar-refractivity contribution in [2.75, 3.05) is 19.9 Å². The fourth-order valence-electron chi connectivity index (χ4n) is 4.57. The molecule has 3 rings (SSSR count). The number of ether oxygens (including phenoxy) is 3. The van der Waals surface area contributed by atoms with Crippen LogP contribution < -0.4 is 15.4 Å². The molecule has 0 saturated carbocycles. The average molecular weight is 683 g/mol. The van der Waals surface area contributed by atoms with Gasteiger partial charge in [0.15, 0.2) is 12.2 Å². The smallest absolute Gasteiger partial charge is 0.347 e. The number of hydrogen-bond acceptors (Lipinski definition) is 10. The van der Waals surface area contributed by atoms with E-state index in [1.54, 1.807) is 54.6 Å². The number of benzene rings is 2. The highest BCUT2D eigenvalue weighted by molar-refractivity contribution is 7.86. The van der Waals surface area contributed by atoms with E-state index in [0.29, 0.717) is 11.3 Å². The minimum Gasteiger partial charge on any atom is -0.497 e. The van der Waals surface area contributed by atoms with E-state index in [-0.39, 0.29) is 31.7 Å². The Morgan fingerprint density at radius 1 is 0.979 bits per heavy atom. The molecular weight excluding hydrogens is 640 g/mol. The lowest BCUT2D eigenvalue weighted by Gasteiger charge is -2.26. The third-order valence-electron chi connectivity index (χ3n) is 7.08. The van der Waals surface area contributed by atoms with E-state index in [0.717, 1.165) is 17.9 Å². The van der Waals surface area contributed by atoms with Crippen molar-refractivity contribution in [3.8, 4) is 17.6 Å². The quantitative estimate of drug-likeness (QED) is 0.241. The number of rotatable bonds is 8. The molecule has 2 aromatic rings. The maximum atomic E-state index is 13.5. The molecule has 12 nitrogen and oxygen atoms in total. The summed E-state index contributed by atoms with van der Waals surface area (Å²) in [7, 11) is -2.57. The molecule has 0 saturated heterocycles. The van der Waals surface area contributed by atoms with Gasteiger partial charge in [-0.1, -0.05) is 69.0 Å². The van der Waals surface area contributed by atoms with Crippen LogP contribution in [0.1, 0.15) is 44.7 Å². The highest BCUT2D eigenvalue weighted by Gasteiger charge is 2.34. The van der Waals surface area contributed by atoms with Crippen molar-refractivity contribution in [2.24, 2.45) is 11.8 Å². The molecule has 1 heterocycles. The first-order valence-electron chi connectivity index (χ1n) is 15.5. The molecule has 2 amide bonds. The Hall–Kier alpha value is -4.67. The van der Waals surface area contributed by atoms with Gasteiger partial charge >= 0.3 is 11.9 Å². The molecule has 0 fully saturated rings. The van der Waals surface area contributed by atoms with Crippen LogP contribution in [0, 0.1) is 23.7 Å². The highest BCUT2D eigenvalue weighted by Crippen LogP contribution is 2.19. The molecule has 13 heteroatoms. The van der Waals surface area contributed by atoms with Crippen molar-refractivity contribution in [1.29, 1.82) is 0 Å². The molecule has 2 aromatic carbocycles. The zero-order chi connectivity index (χ0) is 35.3. The molecule has 1 unspecified atom stereocenters. The Bertz CT molecular complexity index is 1610. The van der Waals surface area contributed by atoms with Crippen molar-refractivity contribution in [1.82, 2.24) is 10.6 Å². The average Bonchev–Trinajstić information content (AvgIpc) is 3.03. The van der Waals surface area contributed by atoms with Gasteiger partial charge in [0, 0.05) is 24.9 Å². The fourth-order valence-corrected chi connectivity index (χ4v) is 5.12. The van der Waals surface area contributed by atoms with E-state index in [4.69, 9.17) is 18.4 Å². The predicted molar refractivity (Wildman–Crippen MR) is 177 cm³/mol. The van der Waals surface area contributed by atoms with Crippen LogP contribution >= 0.6 is 0 Å². The maximum absolute atomic E-state index is 13.5. The van der Waals surface area contributed by atoms with Crippen LogP contribution in [0.5, 0.6) is 5.75 Å². The molecule has 0 aromatic heterocycles. The van der Waals surface area contributed by atoms with Crippen LogP contribution in [-0.4, -0.2) is 76.4 Å². The van der Waals surface area contributed by atoms with Gasteiger partial charge in [0.05, 0.1) is 19.3 Å². The minimum atomic E-state index is -4.11. The molecule has 1 aliphatic rings. The summed E-state index contributed by atoms with van der Waals surface area (Å²) in [5.74, 6) is 2.36. The van der Waals surface area contributed by atoms with Gasteiger partial charge in [-0.15, -0.1) is 0 Å². The third-order valence-corrected chi connectivity index (χ3v) is 7.63. The van der Waals surface area contributed by atoms with Gasteiger partial charge < -0.3 is 24.8 Å². The first kappa shape index (κ1) is 37.8. The van der Waals surface area contributed by atoms with Crippen molar-refractivity contribution >= 4 is 33.9 Å². The van der Waals surface area contributed by atoms with E-state index in [9.17, 15) is 27.6 Å². The summed E-state index contributed by atoms with van der Waals surface area (Å²) in [5, 5.41) is 5.36. The number of carbonyl (C=O) groups is 4. The molecule has 0 radical (unpaired) electrons. The Balaban J connectivity index is 2.00. The van der Waals surface area contributed by atoms with Crippen LogP contribution in [0.3, 0.4) is 0 Å². The first-order valence-corrected chi connectivity index (χ1v) is 17.3. The largest absolute Gasteiger partial charge is 0.497 e. The fraction of sp³-hybridized carbons (Fsp3) is 0.429. The molecule has 48 heavy (non-hydrogen) atoms. The first-order chi connectivity index (χ1) is 22.7. The molecule has 0 aliphatic carbocycles. The molecule has 5 atom stereocenters. The van der Waals surface area contributed by atoms with Gasteiger partial charge in [0.25, 0.3) is 10.1 Å². The number of hydrogen-bond donors (Lipinski definition) is 2. The van der Waals surface area contributed by atoms with Gasteiger partial charge in [-0.25, -0.2) is 8.98 Å². The summed E-state index contributed by atoms with van der Waals surface area (Å²) in [6, 6.07) is 14.7. The summed E-state index contributed by atoms with van der Waals surface area (Å²) < 4.78 is 46.3. The van der Waals surface area contributed by atoms with Crippen LogP contribution in [0.15, 0.2) is 66.7 Å². The molecule has 258 valence electrons. The van der Waals surface area contributed by atoms with E-state index in [1.165, 1.54) is 20.1 Å². The normalized spacial score (nSPS) is 22.6. The van der Waals surface area contributed by atoms with Gasteiger partial charge in [0.2, 0.25) is 11.8 Å².